The first-order chi connectivity index (χ1) is 15.4. The highest BCUT2D eigenvalue weighted by molar-refractivity contribution is 7.99. The second-order valence-electron chi connectivity index (χ2n) is 8.49. The zero-order valence-corrected chi connectivity index (χ0v) is 19.0. The molecule has 0 amide bonds. The fraction of sp³-hybridized carbons (Fsp3) is 0.318. The number of nitrogens with zero attached hydrogens (tertiary/aromatic N) is 4. The molecule has 0 bridgehead atoms. The molecule has 10 heteroatoms. The molecule has 32 heavy (non-hydrogen) atoms. The molecule has 2 aromatic heterocycles. The smallest absolute Gasteiger partial charge is 0.158 e. The molecule has 5 rings (SSSR count). The first-order valence-corrected chi connectivity index (χ1v) is 11.6. The molecule has 3 heterocycles. The second-order valence-corrected chi connectivity index (χ2v) is 9.90. The van der Waals surface area contributed by atoms with Crippen LogP contribution in [0.25, 0.3) is 0 Å². The number of piperidine rings is 1. The lowest BCUT2D eigenvalue weighted by molar-refractivity contribution is 0.187. The van der Waals surface area contributed by atoms with Crippen LogP contribution in [-0.4, -0.2) is 28.0 Å². The lowest BCUT2D eigenvalue weighted by Gasteiger charge is -2.42. The van der Waals surface area contributed by atoms with Crippen LogP contribution in [0.5, 0.6) is 0 Å². The van der Waals surface area contributed by atoms with Gasteiger partial charge in [0.05, 0.1) is 11.2 Å². The van der Waals surface area contributed by atoms with E-state index in [0.29, 0.717) is 15.9 Å². The highest BCUT2D eigenvalue weighted by Crippen LogP contribution is 2.51. The van der Waals surface area contributed by atoms with Crippen LogP contribution in [0, 0.1) is 5.41 Å². The number of hydrogen-bond acceptors (Lipinski definition) is 9. The summed E-state index contributed by atoms with van der Waals surface area (Å²) in [4.78, 5) is 16.1. The first-order valence-electron chi connectivity index (χ1n) is 10.5. The van der Waals surface area contributed by atoms with Crippen molar-refractivity contribution in [3.05, 3.63) is 52.8 Å². The number of nitrogens with two attached hydrogens (primary N) is 4. The third kappa shape index (κ3) is 3.60. The number of rotatable bonds is 3. The number of pyridine rings is 1. The maximum absolute atomic E-state index is 6.70. The predicted molar refractivity (Wildman–Crippen MR) is 130 cm³/mol. The van der Waals surface area contributed by atoms with Gasteiger partial charge in [-0.2, -0.15) is 0 Å². The topological polar surface area (TPSA) is 146 Å². The summed E-state index contributed by atoms with van der Waals surface area (Å²) >= 11 is 7.56. The summed E-state index contributed by atoms with van der Waals surface area (Å²) in [6.45, 7) is 1.70. The average molecular weight is 469 g/mol. The second kappa shape index (κ2) is 7.99. The van der Waals surface area contributed by atoms with Gasteiger partial charge < -0.3 is 27.8 Å². The summed E-state index contributed by atoms with van der Waals surface area (Å²) in [6, 6.07) is 7.91. The molecule has 0 unspecified atom stereocenters. The van der Waals surface area contributed by atoms with Crippen molar-refractivity contribution >= 4 is 46.5 Å². The van der Waals surface area contributed by atoms with Gasteiger partial charge in [-0.25, -0.2) is 15.0 Å². The summed E-state index contributed by atoms with van der Waals surface area (Å²) in [6.07, 6.45) is 6.32. The van der Waals surface area contributed by atoms with Gasteiger partial charge in [-0.1, -0.05) is 29.4 Å². The lowest BCUT2D eigenvalue weighted by Crippen LogP contribution is -2.44. The molecule has 166 valence electrons. The maximum atomic E-state index is 6.70. The van der Waals surface area contributed by atoms with Crippen LogP contribution < -0.4 is 27.8 Å². The Labute approximate surface area is 195 Å². The molecular weight excluding hydrogens is 444 g/mol. The van der Waals surface area contributed by atoms with Gasteiger partial charge >= 0.3 is 0 Å². The number of benzene rings is 1. The number of nitrogen functional groups attached to an aromatic ring is 3. The Balaban J connectivity index is 1.29. The molecular formula is C22H25ClN8S. The van der Waals surface area contributed by atoms with E-state index in [9.17, 15) is 0 Å². The number of fused-ring (bicyclic) bond motifs is 1. The molecule has 1 saturated heterocycles. The van der Waals surface area contributed by atoms with Crippen molar-refractivity contribution in [2.45, 2.75) is 35.2 Å². The van der Waals surface area contributed by atoms with Gasteiger partial charge in [-0.3, -0.25) is 0 Å². The molecule has 3 aromatic rings. The largest absolute Gasteiger partial charge is 0.399 e. The average Bonchev–Trinajstić information content (AvgIpc) is 3.04. The zero-order chi connectivity index (χ0) is 22.5. The molecule has 0 saturated carbocycles. The maximum Gasteiger partial charge on any atom is 0.158 e. The predicted octanol–water partition coefficient (Wildman–Crippen LogP) is 3.27. The van der Waals surface area contributed by atoms with Crippen molar-refractivity contribution in [3.8, 4) is 0 Å². The minimum Gasteiger partial charge on any atom is -0.399 e. The quantitative estimate of drug-likeness (QED) is 0.425. The number of anilines is 4. The van der Waals surface area contributed by atoms with Gasteiger partial charge in [0.25, 0.3) is 0 Å². The van der Waals surface area contributed by atoms with Crippen molar-refractivity contribution in [1.82, 2.24) is 15.0 Å². The molecule has 2 aliphatic rings. The highest BCUT2D eigenvalue weighted by atomic mass is 35.5. The highest BCUT2D eigenvalue weighted by Gasteiger charge is 2.46. The normalized spacial score (nSPS) is 19.3. The molecule has 1 aliphatic carbocycles. The van der Waals surface area contributed by atoms with Gasteiger partial charge in [-0.05, 0) is 54.0 Å². The zero-order valence-electron chi connectivity index (χ0n) is 17.5. The Kier molecular flexibility index (Phi) is 5.27. The van der Waals surface area contributed by atoms with Crippen LogP contribution in [-0.2, 0) is 6.42 Å². The molecule has 1 spiro atoms. The minimum atomic E-state index is 0.00984. The van der Waals surface area contributed by atoms with E-state index in [-0.39, 0.29) is 17.3 Å². The number of hydrogen-bond donors (Lipinski definition) is 4. The standard InChI is InChI=1S/C22H25ClN8S/c23-17-15(3-6-28-19(17)26)32-21-20(27)30-16(11-29-21)31-7-4-22(5-8-31)10-12-1-2-13(24)9-14(12)18(22)25/h1-3,6,9,11,18H,4-5,7-8,10,24-25H2,(H2,26,28)(H2,27,30)/t18-/m1/s1. The Hall–Kier alpha value is -2.75. The Morgan fingerprint density at radius 1 is 1.06 bits per heavy atom. The fourth-order valence-corrected chi connectivity index (χ4v) is 5.80. The van der Waals surface area contributed by atoms with Crippen LogP contribution in [0.15, 0.2) is 46.6 Å². The van der Waals surface area contributed by atoms with Gasteiger partial charge in [0.15, 0.2) is 5.82 Å². The van der Waals surface area contributed by atoms with Crippen LogP contribution in [0.4, 0.5) is 23.1 Å². The van der Waals surface area contributed by atoms with Crippen molar-refractivity contribution in [2.75, 3.05) is 35.2 Å². The number of halogens is 1. The molecule has 1 aliphatic heterocycles. The summed E-state index contributed by atoms with van der Waals surface area (Å²) in [5.41, 5.74) is 28.1. The van der Waals surface area contributed by atoms with E-state index < -0.39 is 0 Å². The lowest BCUT2D eigenvalue weighted by atomic mass is 9.73. The van der Waals surface area contributed by atoms with E-state index >= 15 is 0 Å². The molecule has 0 radical (unpaired) electrons. The monoisotopic (exact) mass is 468 g/mol. The van der Waals surface area contributed by atoms with Crippen molar-refractivity contribution < 1.29 is 0 Å². The van der Waals surface area contributed by atoms with Gasteiger partial charge in [0, 0.05) is 35.9 Å². The minimum absolute atomic E-state index is 0.00984. The van der Waals surface area contributed by atoms with Crippen molar-refractivity contribution in [3.63, 3.8) is 0 Å². The van der Waals surface area contributed by atoms with Gasteiger partial charge in [-0.15, -0.1) is 0 Å². The third-order valence-corrected chi connectivity index (χ3v) is 8.21. The molecule has 1 aromatic carbocycles. The van der Waals surface area contributed by atoms with E-state index in [0.717, 1.165) is 48.8 Å². The first kappa shape index (κ1) is 21.1. The Bertz CT molecular complexity index is 1180. The molecule has 8 nitrogen and oxygen atoms in total. The van der Waals surface area contributed by atoms with Crippen LogP contribution >= 0.6 is 23.4 Å². The van der Waals surface area contributed by atoms with Crippen LogP contribution in [0.1, 0.15) is 30.0 Å². The van der Waals surface area contributed by atoms with Crippen LogP contribution in [0.3, 0.4) is 0 Å². The van der Waals surface area contributed by atoms with Crippen molar-refractivity contribution in [1.29, 1.82) is 0 Å². The molecule has 1 atom stereocenters. The SMILES string of the molecule is Nc1ccc2c(c1)[C@@H](N)C1(CCN(c3cnc(Sc4ccnc(N)c4Cl)c(N)n3)CC1)C2. The molecule has 1 fully saturated rings. The summed E-state index contributed by atoms with van der Waals surface area (Å²) < 4.78 is 0. The summed E-state index contributed by atoms with van der Waals surface area (Å²) in [5.74, 6) is 1.41. The fourth-order valence-electron chi connectivity index (χ4n) is 4.79. The van der Waals surface area contributed by atoms with E-state index in [1.807, 2.05) is 12.1 Å². The van der Waals surface area contributed by atoms with Crippen LogP contribution in [0.2, 0.25) is 5.02 Å². The Morgan fingerprint density at radius 3 is 2.59 bits per heavy atom. The number of aromatic nitrogens is 3. The summed E-state index contributed by atoms with van der Waals surface area (Å²) in [7, 11) is 0. The van der Waals surface area contributed by atoms with Crippen molar-refractivity contribution in [2.24, 2.45) is 11.1 Å². The summed E-state index contributed by atoms with van der Waals surface area (Å²) in [5, 5.41) is 0.973. The van der Waals surface area contributed by atoms with Gasteiger partial charge in [0.1, 0.15) is 16.7 Å². The van der Waals surface area contributed by atoms with Gasteiger partial charge in [0.2, 0.25) is 0 Å². The van der Waals surface area contributed by atoms with E-state index in [1.165, 1.54) is 22.9 Å². The third-order valence-electron chi connectivity index (χ3n) is 6.63. The molecule has 8 N–H and O–H groups in total. The van der Waals surface area contributed by atoms with E-state index in [1.54, 1.807) is 18.5 Å². The Morgan fingerprint density at radius 2 is 1.84 bits per heavy atom. The van der Waals surface area contributed by atoms with E-state index in [2.05, 4.69) is 25.9 Å². The van der Waals surface area contributed by atoms with E-state index in [4.69, 9.17) is 34.5 Å².